The minimum atomic E-state index is -3.33. The monoisotopic (exact) mass is 334 g/mol. The van der Waals surface area contributed by atoms with Crippen LogP contribution in [0.3, 0.4) is 0 Å². The molecular weight excluding hydrogens is 308 g/mol. The van der Waals surface area contributed by atoms with E-state index in [-0.39, 0.29) is 19.1 Å². The third kappa shape index (κ3) is 6.19. The van der Waals surface area contributed by atoms with Gasteiger partial charge in [0.15, 0.2) is 9.84 Å². The number of ether oxygens (including phenoxy) is 1. The van der Waals surface area contributed by atoms with E-state index in [2.05, 4.69) is 19.6 Å². The molecule has 0 radical (unpaired) electrons. The van der Waals surface area contributed by atoms with Gasteiger partial charge in [-0.2, -0.15) is 0 Å². The molecule has 1 heterocycles. The average Bonchev–Trinajstić information content (AvgIpc) is 2.22. The second kappa shape index (κ2) is 6.93. The summed E-state index contributed by atoms with van der Waals surface area (Å²) < 4.78 is 29.0. The van der Waals surface area contributed by atoms with Gasteiger partial charge < -0.3 is 15.4 Å². The Hall–Kier alpha value is -0.863. The fourth-order valence-corrected chi connectivity index (χ4v) is 3.85. The number of nitrogens with zero attached hydrogens (tertiary/aromatic N) is 1. The number of rotatable bonds is 6. The van der Waals surface area contributed by atoms with Gasteiger partial charge in [0.05, 0.1) is 6.61 Å². The first-order valence-electron chi connectivity index (χ1n) is 7.11. The first-order valence-corrected chi connectivity index (χ1v) is 12.4. The first-order chi connectivity index (χ1) is 9.51. The molecule has 21 heavy (non-hydrogen) atoms. The molecule has 0 aromatic heterocycles. The van der Waals surface area contributed by atoms with Gasteiger partial charge in [0.25, 0.3) is 0 Å². The molecule has 1 rings (SSSR count). The summed E-state index contributed by atoms with van der Waals surface area (Å²) >= 11 is 0. The summed E-state index contributed by atoms with van der Waals surface area (Å²) in [6.07, 6.45) is 1.03. The van der Waals surface area contributed by atoms with Gasteiger partial charge >= 0.3 is 6.09 Å². The molecule has 2 N–H and O–H groups in total. The van der Waals surface area contributed by atoms with Gasteiger partial charge in [0.1, 0.15) is 5.25 Å². The van der Waals surface area contributed by atoms with E-state index in [1.807, 2.05) is 0 Å². The lowest BCUT2D eigenvalue weighted by atomic mass is 10.2. The van der Waals surface area contributed by atoms with Crippen LogP contribution in [0.1, 0.15) is 6.92 Å². The molecule has 0 unspecified atom stereocenters. The molecule has 1 amide bonds. The van der Waals surface area contributed by atoms with Crippen LogP contribution in [-0.2, 0) is 14.6 Å². The van der Waals surface area contributed by atoms with Gasteiger partial charge in [-0.05, 0) is 13.0 Å². The highest BCUT2D eigenvalue weighted by Gasteiger charge is 2.39. The Morgan fingerprint density at radius 1 is 1.43 bits per heavy atom. The zero-order valence-electron chi connectivity index (χ0n) is 13.2. The highest BCUT2D eigenvalue weighted by atomic mass is 32.2. The fourth-order valence-electron chi connectivity index (χ4n) is 1.68. The first kappa shape index (κ1) is 18.2. The molecule has 1 saturated heterocycles. The van der Waals surface area contributed by atoms with Gasteiger partial charge in [0.2, 0.25) is 0 Å². The normalized spacial score (nSPS) is 18.6. The van der Waals surface area contributed by atoms with Gasteiger partial charge in [-0.25, -0.2) is 13.2 Å². The lowest BCUT2D eigenvalue weighted by Gasteiger charge is -2.37. The van der Waals surface area contributed by atoms with Gasteiger partial charge in [-0.1, -0.05) is 25.7 Å². The molecule has 6 nitrogen and oxygen atoms in total. The number of nitrogens with two attached hydrogens (primary N) is 1. The average molecular weight is 335 g/mol. The Balaban J connectivity index is 2.37. The van der Waals surface area contributed by atoms with Crippen molar-refractivity contribution in [1.29, 1.82) is 0 Å². The summed E-state index contributed by atoms with van der Waals surface area (Å²) in [6.45, 7) is 9.12. The number of carbonyl (C=O) groups is 1. The van der Waals surface area contributed by atoms with Crippen LogP contribution >= 0.6 is 0 Å². The Labute approximate surface area is 128 Å². The maximum absolute atomic E-state index is 11.9. The van der Waals surface area contributed by atoms with Crippen molar-refractivity contribution in [2.45, 2.75) is 43.9 Å². The minimum Gasteiger partial charge on any atom is -0.450 e. The van der Waals surface area contributed by atoms with Crippen LogP contribution in [0.5, 0.6) is 0 Å². The molecule has 1 aliphatic rings. The van der Waals surface area contributed by atoms with Crippen molar-refractivity contribution in [3.8, 4) is 0 Å². The molecule has 0 spiro atoms. The Bertz CT molecular complexity index is 491. The molecule has 1 atom stereocenters. The summed E-state index contributed by atoms with van der Waals surface area (Å²) in [4.78, 5) is 13.2. The zero-order valence-corrected chi connectivity index (χ0v) is 15.0. The summed E-state index contributed by atoms with van der Waals surface area (Å²) in [7, 11) is -4.56. The van der Waals surface area contributed by atoms with Crippen molar-refractivity contribution in [1.82, 2.24) is 4.90 Å². The van der Waals surface area contributed by atoms with E-state index < -0.39 is 29.3 Å². The van der Waals surface area contributed by atoms with Crippen LogP contribution in [0.15, 0.2) is 11.5 Å². The van der Waals surface area contributed by atoms with Crippen LogP contribution in [-0.4, -0.2) is 58.5 Å². The summed E-state index contributed by atoms with van der Waals surface area (Å²) in [5.74, 6) is 0. The Morgan fingerprint density at radius 3 is 2.48 bits per heavy atom. The van der Waals surface area contributed by atoms with Gasteiger partial charge in [-0.15, -0.1) is 0 Å². The smallest absolute Gasteiger partial charge is 0.409 e. The van der Waals surface area contributed by atoms with Crippen molar-refractivity contribution in [3.63, 3.8) is 0 Å². The third-order valence-corrected chi connectivity index (χ3v) is 6.69. The predicted octanol–water partition coefficient (Wildman–Crippen LogP) is 1.42. The number of amides is 1. The molecule has 0 aromatic carbocycles. The van der Waals surface area contributed by atoms with Gasteiger partial charge in [0, 0.05) is 32.6 Å². The van der Waals surface area contributed by atoms with Crippen LogP contribution < -0.4 is 5.73 Å². The molecule has 1 aliphatic heterocycles. The molecule has 1 fully saturated rings. The maximum Gasteiger partial charge on any atom is 0.409 e. The fraction of sp³-hybridized carbons (Fsp3) is 0.769. The van der Waals surface area contributed by atoms with E-state index in [1.54, 1.807) is 6.92 Å². The van der Waals surface area contributed by atoms with E-state index >= 15 is 0 Å². The standard InChI is InChI=1S/C13H26N2O4SSi/c1-11(14)5-7-20(17,18)12-9-15(10-12)13(16)19-6-8-21(2,3)4/h5,7,11-12H,6,8-10,14H2,1-4H3/b7-5+/t11-/m0/s1. The summed E-state index contributed by atoms with van der Waals surface area (Å²) in [6, 6.07) is 0.605. The molecule has 0 saturated carbocycles. The largest absolute Gasteiger partial charge is 0.450 e. The van der Waals surface area contributed by atoms with E-state index in [0.29, 0.717) is 6.61 Å². The molecule has 0 aromatic rings. The SMILES string of the molecule is C[C@H](N)/C=C/S(=O)(=O)C1CN(C(=O)OCC[Si](C)(C)C)C1. The molecular formula is C13H26N2O4SSi. The molecule has 0 aliphatic carbocycles. The van der Waals surface area contributed by atoms with Crippen molar-refractivity contribution < 1.29 is 17.9 Å². The summed E-state index contributed by atoms with van der Waals surface area (Å²) in [5.41, 5.74) is 5.49. The molecule has 0 bridgehead atoms. The highest BCUT2D eigenvalue weighted by Crippen LogP contribution is 2.19. The number of carbonyl (C=O) groups excluding carboxylic acids is 1. The van der Waals surface area contributed by atoms with Crippen molar-refractivity contribution in [3.05, 3.63) is 11.5 Å². The molecule has 8 heteroatoms. The lowest BCUT2D eigenvalue weighted by Crippen LogP contribution is -2.56. The number of hydrogen-bond donors (Lipinski definition) is 1. The van der Waals surface area contributed by atoms with Crippen molar-refractivity contribution in [2.24, 2.45) is 5.73 Å². The number of hydrogen-bond acceptors (Lipinski definition) is 5. The lowest BCUT2D eigenvalue weighted by molar-refractivity contribution is 0.0862. The van der Waals surface area contributed by atoms with Crippen LogP contribution in [0, 0.1) is 0 Å². The molecule has 122 valence electrons. The van der Waals surface area contributed by atoms with Crippen LogP contribution in [0.4, 0.5) is 4.79 Å². The zero-order chi connectivity index (χ0) is 16.3. The van der Waals surface area contributed by atoms with E-state index in [4.69, 9.17) is 10.5 Å². The maximum atomic E-state index is 11.9. The summed E-state index contributed by atoms with van der Waals surface area (Å²) in [5, 5.41) is 0.605. The Morgan fingerprint density at radius 2 is 2.00 bits per heavy atom. The van der Waals surface area contributed by atoms with E-state index in [9.17, 15) is 13.2 Å². The number of likely N-dealkylation sites (tertiary alicyclic amines) is 1. The van der Waals surface area contributed by atoms with E-state index in [0.717, 1.165) is 11.5 Å². The highest BCUT2D eigenvalue weighted by molar-refractivity contribution is 7.95. The van der Waals surface area contributed by atoms with Crippen LogP contribution in [0.25, 0.3) is 0 Å². The quantitative estimate of drug-likeness (QED) is 0.742. The van der Waals surface area contributed by atoms with E-state index in [1.165, 1.54) is 11.0 Å². The second-order valence-electron chi connectivity index (χ2n) is 6.73. The Kier molecular flexibility index (Phi) is 6.00. The predicted molar refractivity (Wildman–Crippen MR) is 86.6 cm³/mol. The van der Waals surface area contributed by atoms with Crippen molar-refractivity contribution >= 4 is 24.0 Å². The van der Waals surface area contributed by atoms with Crippen molar-refractivity contribution in [2.75, 3.05) is 19.7 Å². The second-order valence-corrected chi connectivity index (χ2v) is 14.5. The topological polar surface area (TPSA) is 89.7 Å². The number of sulfone groups is 1. The van der Waals surface area contributed by atoms with Gasteiger partial charge in [-0.3, -0.25) is 0 Å². The third-order valence-electron chi connectivity index (χ3n) is 3.22. The van der Waals surface area contributed by atoms with Crippen LogP contribution in [0.2, 0.25) is 25.7 Å². The minimum absolute atomic E-state index is 0.192.